The number of hydrogen-bond donors (Lipinski definition) is 2. The van der Waals surface area contributed by atoms with Crippen LogP contribution in [0.2, 0.25) is 0 Å². The molecule has 1 unspecified atom stereocenters. The molecule has 1 rings (SSSR count). The maximum Gasteiger partial charge on any atom is 0.241 e. The Bertz CT molecular complexity index is 564. The number of benzene rings is 1. The van der Waals surface area contributed by atoms with Gasteiger partial charge in [0.05, 0.1) is 11.4 Å². The normalized spacial score (nSPS) is 13.0. The summed E-state index contributed by atoms with van der Waals surface area (Å²) in [6, 6.07) is 6.17. The Labute approximate surface area is 126 Å². The van der Waals surface area contributed by atoms with Crippen LogP contribution in [0.15, 0.2) is 29.2 Å². The zero-order valence-electron chi connectivity index (χ0n) is 12.7. The number of rotatable bonds is 7. The molecule has 0 saturated heterocycles. The number of nitrogens with one attached hydrogen (secondary N) is 1. The van der Waals surface area contributed by atoms with Gasteiger partial charge in [0, 0.05) is 19.1 Å². The number of sulfonamides is 1. The maximum atomic E-state index is 12.1. The predicted molar refractivity (Wildman–Crippen MR) is 82.2 cm³/mol. The molecule has 1 atom stereocenters. The zero-order valence-corrected chi connectivity index (χ0v) is 13.5. The first-order valence-electron chi connectivity index (χ1n) is 6.94. The number of likely N-dealkylation sites (N-methyl/N-ethyl adjacent to an activating group) is 1. The van der Waals surface area contributed by atoms with E-state index < -0.39 is 10.0 Å². The molecule has 0 spiro atoms. The van der Waals surface area contributed by atoms with Gasteiger partial charge >= 0.3 is 0 Å². The summed E-state index contributed by atoms with van der Waals surface area (Å²) in [5.41, 5.74) is 6.57. The lowest BCUT2D eigenvalue weighted by molar-refractivity contribution is -0.129. The van der Waals surface area contributed by atoms with Crippen LogP contribution in [0.5, 0.6) is 0 Å². The van der Waals surface area contributed by atoms with E-state index >= 15 is 0 Å². The minimum atomic E-state index is -3.69. The first-order chi connectivity index (χ1) is 9.81. The molecule has 21 heavy (non-hydrogen) atoms. The Balaban J connectivity index is 2.75. The molecule has 6 nitrogen and oxygen atoms in total. The standard InChI is InChI=1S/C14H23N3O3S/c1-4-17(5-2)14(18)10-16-21(19,20)13-8-6-12(7-9-13)11(3)15/h6-9,11,16H,4-5,10,15H2,1-3H3. The van der Waals surface area contributed by atoms with Crippen LogP contribution < -0.4 is 10.5 Å². The third-order valence-corrected chi connectivity index (χ3v) is 4.66. The van der Waals surface area contributed by atoms with E-state index in [0.29, 0.717) is 13.1 Å². The van der Waals surface area contributed by atoms with Crippen LogP contribution in [0.25, 0.3) is 0 Å². The summed E-state index contributed by atoms with van der Waals surface area (Å²) in [5.74, 6) is -0.240. The van der Waals surface area contributed by atoms with Gasteiger partial charge in [0.2, 0.25) is 15.9 Å². The highest BCUT2D eigenvalue weighted by Gasteiger charge is 2.17. The monoisotopic (exact) mass is 313 g/mol. The lowest BCUT2D eigenvalue weighted by atomic mass is 10.1. The Kier molecular flexibility index (Phi) is 6.32. The first-order valence-corrected chi connectivity index (χ1v) is 8.43. The Morgan fingerprint density at radius 2 is 1.76 bits per heavy atom. The van der Waals surface area contributed by atoms with Crippen molar-refractivity contribution in [2.75, 3.05) is 19.6 Å². The van der Waals surface area contributed by atoms with E-state index in [1.807, 2.05) is 20.8 Å². The van der Waals surface area contributed by atoms with Crippen molar-refractivity contribution in [2.24, 2.45) is 5.73 Å². The van der Waals surface area contributed by atoms with Crippen molar-refractivity contribution in [1.29, 1.82) is 0 Å². The maximum absolute atomic E-state index is 12.1. The van der Waals surface area contributed by atoms with Crippen molar-refractivity contribution in [3.63, 3.8) is 0 Å². The second kappa shape index (κ2) is 7.53. The number of nitrogens with two attached hydrogens (primary N) is 1. The second-order valence-electron chi connectivity index (χ2n) is 4.75. The van der Waals surface area contributed by atoms with Crippen LogP contribution in [0, 0.1) is 0 Å². The van der Waals surface area contributed by atoms with Gasteiger partial charge in [-0.1, -0.05) is 12.1 Å². The van der Waals surface area contributed by atoms with Crippen LogP contribution in [0.3, 0.4) is 0 Å². The van der Waals surface area contributed by atoms with Crippen molar-refractivity contribution in [1.82, 2.24) is 9.62 Å². The van der Waals surface area contributed by atoms with Crippen LogP contribution in [0.1, 0.15) is 32.4 Å². The molecular formula is C14H23N3O3S. The van der Waals surface area contributed by atoms with E-state index in [-0.39, 0.29) is 23.4 Å². The summed E-state index contributed by atoms with van der Waals surface area (Å²) in [5, 5.41) is 0. The van der Waals surface area contributed by atoms with E-state index in [1.165, 1.54) is 12.1 Å². The van der Waals surface area contributed by atoms with Gasteiger partial charge in [0.15, 0.2) is 0 Å². The molecule has 3 N–H and O–H groups in total. The quantitative estimate of drug-likeness (QED) is 0.780. The van der Waals surface area contributed by atoms with Gasteiger partial charge in [0.25, 0.3) is 0 Å². The third kappa shape index (κ3) is 4.80. The summed E-state index contributed by atoms with van der Waals surface area (Å²) in [7, 11) is -3.69. The molecule has 0 heterocycles. The van der Waals surface area contributed by atoms with Crippen LogP contribution >= 0.6 is 0 Å². The molecule has 118 valence electrons. The van der Waals surface area contributed by atoms with Gasteiger partial charge in [-0.05, 0) is 38.5 Å². The molecule has 0 aliphatic rings. The predicted octanol–water partition coefficient (Wildman–Crippen LogP) is 0.853. The minimum absolute atomic E-state index is 0.124. The molecule has 0 fully saturated rings. The average Bonchev–Trinajstić information content (AvgIpc) is 2.46. The smallest absolute Gasteiger partial charge is 0.241 e. The van der Waals surface area contributed by atoms with E-state index in [9.17, 15) is 13.2 Å². The van der Waals surface area contributed by atoms with Gasteiger partial charge in [-0.2, -0.15) is 0 Å². The van der Waals surface area contributed by atoms with Crippen molar-refractivity contribution >= 4 is 15.9 Å². The van der Waals surface area contributed by atoms with E-state index in [0.717, 1.165) is 5.56 Å². The minimum Gasteiger partial charge on any atom is -0.342 e. The molecule has 0 aromatic heterocycles. The van der Waals surface area contributed by atoms with Crippen molar-refractivity contribution in [3.8, 4) is 0 Å². The molecular weight excluding hydrogens is 290 g/mol. The van der Waals surface area contributed by atoms with E-state index in [2.05, 4.69) is 4.72 Å². The summed E-state index contributed by atoms with van der Waals surface area (Å²) >= 11 is 0. The number of amides is 1. The highest BCUT2D eigenvalue weighted by Crippen LogP contribution is 2.14. The number of hydrogen-bond acceptors (Lipinski definition) is 4. The van der Waals surface area contributed by atoms with Gasteiger partial charge in [-0.25, -0.2) is 13.1 Å². The molecule has 0 radical (unpaired) electrons. The summed E-state index contributed by atoms with van der Waals surface area (Å²) < 4.78 is 26.5. The number of carbonyl (C=O) groups excluding carboxylic acids is 1. The van der Waals surface area contributed by atoms with Gasteiger partial charge < -0.3 is 10.6 Å². The second-order valence-corrected chi connectivity index (χ2v) is 6.52. The third-order valence-electron chi connectivity index (χ3n) is 3.25. The molecule has 0 bridgehead atoms. The zero-order chi connectivity index (χ0) is 16.0. The highest BCUT2D eigenvalue weighted by molar-refractivity contribution is 7.89. The van der Waals surface area contributed by atoms with Crippen molar-refractivity contribution < 1.29 is 13.2 Å². The van der Waals surface area contributed by atoms with Crippen LogP contribution in [-0.4, -0.2) is 38.9 Å². The molecule has 1 aromatic rings. The number of nitrogens with zero attached hydrogens (tertiary/aromatic N) is 1. The Morgan fingerprint density at radius 1 is 1.24 bits per heavy atom. The molecule has 0 saturated carbocycles. The molecule has 0 aliphatic heterocycles. The molecule has 1 aromatic carbocycles. The van der Waals surface area contributed by atoms with Gasteiger partial charge in [-0.3, -0.25) is 4.79 Å². The molecule has 1 amide bonds. The Morgan fingerprint density at radius 3 is 2.19 bits per heavy atom. The fourth-order valence-corrected chi connectivity index (χ4v) is 2.85. The molecule has 7 heteroatoms. The summed E-state index contributed by atoms with van der Waals surface area (Å²) in [6.07, 6.45) is 0. The number of carbonyl (C=O) groups is 1. The van der Waals surface area contributed by atoms with Crippen molar-refractivity contribution in [3.05, 3.63) is 29.8 Å². The van der Waals surface area contributed by atoms with E-state index in [4.69, 9.17) is 5.73 Å². The largest absolute Gasteiger partial charge is 0.342 e. The molecule has 0 aliphatic carbocycles. The van der Waals surface area contributed by atoms with Gasteiger partial charge in [0.1, 0.15) is 0 Å². The first kappa shape index (κ1) is 17.6. The van der Waals surface area contributed by atoms with Crippen LogP contribution in [-0.2, 0) is 14.8 Å². The van der Waals surface area contributed by atoms with E-state index in [1.54, 1.807) is 17.0 Å². The van der Waals surface area contributed by atoms with Crippen LogP contribution in [0.4, 0.5) is 0 Å². The topological polar surface area (TPSA) is 92.5 Å². The summed E-state index contributed by atoms with van der Waals surface area (Å²) in [4.78, 5) is 13.5. The van der Waals surface area contributed by atoms with Gasteiger partial charge in [-0.15, -0.1) is 0 Å². The Hall–Kier alpha value is -1.44. The lowest BCUT2D eigenvalue weighted by Gasteiger charge is -2.18. The SMILES string of the molecule is CCN(CC)C(=O)CNS(=O)(=O)c1ccc(C(C)N)cc1. The lowest BCUT2D eigenvalue weighted by Crippen LogP contribution is -2.39. The van der Waals surface area contributed by atoms with Crippen molar-refractivity contribution in [2.45, 2.75) is 31.7 Å². The fourth-order valence-electron chi connectivity index (χ4n) is 1.88. The fraction of sp³-hybridized carbons (Fsp3) is 0.500. The summed E-state index contributed by atoms with van der Waals surface area (Å²) in [6.45, 7) is 6.40. The highest BCUT2D eigenvalue weighted by atomic mass is 32.2. The average molecular weight is 313 g/mol.